The minimum absolute atomic E-state index is 0.152. The van der Waals surface area contributed by atoms with E-state index in [2.05, 4.69) is 6.92 Å². The number of hydrogen-bond acceptors (Lipinski definition) is 3. The Kier molecular flexibility index (Phi) is 2.98. The number of nitrogens with zero attached hydrogens (tertiary/aromatic N) is 1. The van der Waals surface area contributed by atoms with Gasteiger partial charge in [-0.3, -0.25) is 0 Å². The zero-order valence-corrected chi connectivity index (χ0v) is 7.34. The quantitative estimate of drug-likeness (QED) is 0.693. The summed E-state index contributed by atoms with van der Waals surface area (Å²) in [6, 6.07) is 2.05. The molecule has 0 amide bonds. The summed E-state index contributed by atoms with van der Waals surface area (Å²) >= 11 is 0. The van der Waals surface area contributed by atoms with Crippen molar-refractivity contribution in [3.05, 3.63) is 11.5 Å². The lowest BCUT2D eigenvalue weighted by atomic mass is 10.1. The highest BCUT2D eigenvalue weighted by atomic mass is 16.5. The molecule has 1 aliphatic rings. The zero-order chi connectivity index (χ0) is 8.97. The standard InChI is InChI=1S/C9H14N2O/c1-2-3-4-8-5-7(6-10)9(11)12-8/h8H,2-5,11H2,1H3. The first-order valence-corrected chi connectivity index (χ1v) is 4.33. The molecule has 0 aromatic heterocycles. The molecule has 0 aromatic rings. The van der Waals surface area contributed by atoms with E-state index >= 15 is 0 Å². The van der Waals surface area contributed by atoms with Crippen LogP contribution in [0.1, 0.15) is 32.6 Å². The molecular weight excluding hydrogens is 152 g/mol. The topological polar surface area (TPSA) is 59.0 Å². The van der Waals surface area contributed by atoms with E-state index in [0.29, 0.717) is 17.9 Å². The van der Waals surface area contributed by atoms with Crippen molar-refractivity contribution < 1.29 is 4.74 Å². The molecule has 0 saturated carbocycles. The van der Waals surface area contributed by atoms with Crippen molar-refractivity contribution in [1.82, 2.24) is 0 Å². The third-order valence-corrected chi connectivity index (χ3v) is 2.04. The van der Waals surface area contributed by atoms with Crippen LogP contribution in [-0.4, -0.2) is 6.10 Å². The third-order valence-electron chi connectivity index (χ3n) is 2.04. The van der Waals surface area contributed by atoms with Crippen LogP contribution in [0.25, 0.3) is 0 Å². The van der Waals surface area contributed by atoms with Gasteiger partial charge in [0.2, 0.25) is 0 Å². The molecule has 3 nitrogen and oxygen atoms in total. The zero-order valence-electron chi connectivity index (χ0n) is 7.34. The van der Waals surface area contributed by atoms with Crippen molar-refractivity contribution in [2.75, 3.05) is 0 Å². The highest BCUT2D eigenvalue weighted by Crippen LogP contribution is 2.24. The summed E-state index contributed by atoms with van der Waals surface area (Å²) in [5.74, 6) is 0.332. The molecule has 3 heteroatoms. The lowest BCUT2D eigenvalue weighted by Gasteiger charge is -2.09. The van der Waals surface area contributed by atoms with E-state index < -0.39 is 0 Å². The van der Waals surface area contributed by atoms with Gasteiger partial charge in [-0.15, -0.1) is 0 Å². The number of ether oxygens (including phenoxy) is 1. The SMILES string of the molecule is CCCCC1CC(C#N)=C(N)O1. The van der Waals surface area contributed by atoms with Crippen LogP contribution in [0.2, 0.25) is 0 Å². The van der Waals surface area contributed by atoms with Gasteiger partial charge in [0.15, 0.2) is 5.88 Å². The van der Waals surface area contributed by atoms with Crippen LogP contribution >= 0.6 is 0 Å². The normalized spacial score (nSPS) is 22.2. The average Bonchev–Trinajstić information content (AvgIpc) is 2.43. The molecule has 2 N–H and O–H groups in total. The Morgan fingerprint density at radius 2 is 2.50 bits per heavy atom. The van der Waals surface area contributed by atoms with Crippen LogP contribution in [0, 0.1) is 11.3 Å². The monoisotopic (exact) mass is 166 g/mol. The van der Waals surface area contributed by atoms with Crippen LogP contribution in [-0.2, 0) is 4.74 Å². The van der Waals surface area contributed by atoms with E-state index in [1.165, 1.54) is 0 Å². The van der Waals surface area contributed by atoms with Crippen LogP contribution in [0.4, 0.5) is 0 Å². The molecule has 0 bridgehead atoms. The number of rotatable bonds is 3. The lowest BCUT2D eigenvalue weighted by Crippen LogP contribution is -2.08. The van der Waals surface area contributed by atoms with Crippen LogP contribution in [0.3, 0.4) is 0 Å². The summed E-state index contributed by atoms with van der Waals surface area (Å²) in [6.07, 6.45) is 4.14. The first-order valence-electron chi connectivity index (χ1n) is 4.33. The highest BCUT2D eigenvalue weighted by Gasteiger charge is 2.22. The fourth-order valence-electron chi connectivity index (χ4n) is 1.31. The summed E-state index contributed by atoms with van der Waals surface area (Å²) in [7, 11) is 0. The summed E-state index contributed by atoms with van der Waals surface area (Å²) in [5, 5.41) is 8.61. The number of nitriles is 1. The van der Waals surface area contributed by atoms with Gasteiger partial charge in [0.05, 0.1) is 5.57 Å². The number of nitrogens with two attached hydrogens (primary N) is 1. The van der Waals surface area contributed by atoms with E-state index in [4.69, 9.17) is 15.7 Å². The summed E-state index contributed by atoms with van der Waals surface area (Å²) in [6.45, 7) is 2.14. The minimum atomic E-state index is 0.152. The van der Waals surface area contributed by atoms with Gasteiger partial charge in [-0.05, 0) is 6.42 Å². The van der Waals surface area contributed by atoms with Gasteiger partial charge in [0, 0.05) is 6.42 Å². The van der Waals surface area contributed by atoms with E-state index in [1.54, 1.807) is 0 Å². The Hall–Kier alpha value is -1.17. The molecule has 0 fully saturated rings. The first kappa shape index (κ1) is 8.92. The lowest BCUT2D eigenvalue weighted by molar-refractivity contribution is 0.131. The summed E-state index contributed by atoms with van der Waals surface area (Å²) in [4.78, 5) is 0. The Bertz CT molecular complexity index is 227. The molecule has 0 aliphatic carbocycles. The second-order valence-corrected chi connectivity index (χ2v) is 3.04. The van der Waals surface area contributed by atoms with Crippen LogP contribution < -0.4 is 5.73 Å². The molecule has 1 rings (SSSR count). The van der Waals surface area contributed by atoms with Gasteiger partial charge in [-0.2, -0.15) is 5.26 Å². The van der Waals surface area contributed by atoms with Crippen LogP contribution in [0.5, 0.6) is 0 Å². The van der Waals surface area contributed by atoms with Gasteiger partial charge < -0.3 is 10.5 Å². The van der Waals surface area contributed by atoms with Crippen molar-refractivity contribution >= 4 is 0 Å². The second kappa shape index (κ2) is 4.01. The molecule has 1 aliphatic heterocycles. The Morgan fingerprint density at radius 3 is 3.00 bits per heavy atom. The van der Waals surface area contributed by atoms with Gasteiger partial charge in [0.1, 0.15) is 12.2 Å². The maximum absolute atomic E-state index is 8.61. The average molecular weight is 166 g/mol. The largest absolute Gasteiger partial charge is 0.475 e. The Morgan fingerprint density at radius 1 is 1.75 bits per heavy atom. The van der Waals surface area contributed by atoms with E-state index in [9.17, 15) is 0 Å². The smallest absolute Gasteiger partial charge is 0.198 e. The van der Waals surface area contributed by atoms with Gasteiger partial charge in [0.25, 0.3) is 0 Å². The summed E-state index contributed by atoms with van der Waals surface area (Å²) in [5.41, 5.74) is 6.09. The van der Waals surface area contributed by atoms with Gasteiger partial charge in [-0.1, -0.05) is 19.8 Å². The molecule has 0 saturated heterocycles. The van der Waals surface area contributed by atoms with Crippen molar-refractivity contribution in [3.63, 3.8) is 0 Å². The Labute approximate surface area is 72.8 Å². The minimum Gasteiger partial charge on any atom is -0.475 e. The van der Waals surface area contributed by atoms with Crippen molar-refractivity contribution in [2.45, 2.75) is 38.7 Å². The molecule has 1 heterocycles. The fraction of sp³-hybridized carbons (Fsp3) is 0.667. The highest BCUT2D eigenvalue weighted by molar-refractivity contribution is 5.26. The van der Waals surface area contributed by atoms with Gasteiger partial charge >= 0.3 is 0 Å². The first-order chi connectivity index (χ1) is 5.77. The summed E-state index contributed by atoms with van der Waals surface area (Å²) < 4.78 is 5.30. The molecule has 1 atom stereocenters. The molecule has 12 heavy (non-hydrogen) atoms. The maximum Gasteiger partial charge on any atom is 0.198 e. The number of hydrogen-bond donors (Lipinski definition) is 1. The van der Waals surface area contributed by atoms with Crippen molar-refractivity contribution in [1.29, 1.82) is 5.26 Å². The van der Waals surface area contributed by atoms with Crippen LogP contribution in [0.15, 0.2) is 11.5 Å². The third kappa shape index (κ3) is 1.91. The number of unbranched alkanes of at least 4 members (excludes halogenated alkanes) is 1. The van der Waals surface area contributed by atoms with E-state index in [0.717, 1.165) is 19.3 Å². The molecule has 1 unspecified atom stereocenters. The van der Waals surface area contributed by atoms with Crippen molar-refractivity contribution in [2.24, 2.45) is 5.73 Å². The molecule has 0 aromatic carbocycles. The predicted molar refractivity (Wildman–Crippen MR) is 45.8 cm³/mol. The second-order valence-electron chi connectivity index (χ2n) is 3.04. The van der Waals surface area contributed by atoms with E-state index in [1.807, 2.05) is 6.07 Å². The predicted octanol–water partition coefficient (Wildman–Crippen LogP) is 1.66. The molecule has 66 valence electrons. The maximum atomic E-state index is 8.61. The molecule has 0 spiro atoms. The van der Waals surface area contributed by atoms with Crippen molar-refractivity contribution in [3.8, 4) is 6.07 Å². The Balaban J connectivity index is 2.36. The van der Waals surface area contributed by atoms with Gasteiger partial charge in [-0.25, -0.2) is 0 Å². The molecular formula is C9H14N2O. The molecule has 0 radical (unpaired) electrons. The fourth-order valence-corrected chi connectivity index (χ4v) is 1.31. The van der Waals surface area contributed by atoms with E-state index in [-0.39, 0.29) is 6.10 Å².